The highest BCUT2D eigenvalue weighted by Gasteiger charge is 2.43. The van der Waals surface area contributed by atoms with Crippen molar-refractivity contribution in [3.8, 4) is 0 Å². The first kappa shape index (κ1) is 16.5. The Labute approximate surface area is 130 Å². The largest absolute Gasteiger partial charge is 0.478 e. The lowest BCUT2D eigenvalue weighted by Crippen LogP contribution is -2.46. The van der Waals surface area contributed by atoms with Crippen molar-refractivity contribution >= 4 is 11.9 Å². The first-order valence-electron chi connectivity index (χ1n) is 7.67. The second-order valence-electron chi connectivity index (χ2n) is 5.88. The lowest BCUT2D eigenvalue weighted by atomic mass is 9.66. The molecule has 0 bridgehead atoms. The molecule has 0 spiro atoms. The predicted molar refractivity (Wildman–Crippen MR) is 82.9 cm³/mol. The molecule has 1 fully saturated rings. The Balaban J connectivity index is 1.80. The molecule has 5 nitrogen and oxygen atoms in total. The van der Waals surface area contributed by atoms with Crippen LogP contribution in [0.1, 0.15) is 41.6 Å². The number of hydrogen-bond acceptors (Lipinski definition) is 3. The zero-order valence-electron chi connectivity index (χ0n) is 12.9. The van der Waals surface area contributed by atoms with E-state index in [0.717, 1.165) is 31.2 Å². The number of carbonyl (C=O) groups is 2. The molecule has 0 aromatic heterocycles. The molecule has 1 aliphatic carbocycles. The second kappa shape index (κ2) is 7.40. The Morgan fingerprint density at radius 3 is 2.45 bits per heavy atom. The van der Waals surface area contributed by atoms with Gasteiger partial charge in [0.15, 0.2) is 0 Å². The van der Waals surface area contributed by atoms with Crippen molar-refractivity contribution in [1.29, 1.82) is 0 Å². The van der Waals surface area contributed by atoms with Gasteiger partial charge in [0.2, 0.25) is 5.91 Å². The van der Waals surface area contributed by atoms with Crippen LogP contribution in [0.4, 0.5) is 0 Å². The van der Waals surface area contributed by atoms with Crippen molar-refractivity contribution in [3.63, 3.8) is 0 Å². The summed E-state index contributed by atoms with van der Waals surface area (Å²) in [7, 11) is 1.66. The van der Waals surface area contributed by atoms with Crippen LogP contribution >= 0.6 is 0 Å². The standard InChI is InChI=1S/C17H23NO4/c1-22-12-10-17(8-2-9-17)16(21)18-11-7-13-3-5-14(6-4-13)15(19)20/h3-6H,2,7-12H2,1H3,(H,18,21)(H,19,20). The Morgan fingerprint density at radius 1 is 1.27 bits per heavy atom. The fourth-order valence-electron chi connectivity index (χ4n) is 2.81. The molecule has 0 atom stereocenters. The van der Waals surface area contributed by atoms with Crippen molar-refractivity contribution in [2.45, 2.75) is 32.1 Å². The third-order valence-electron chi connectivity index (χ3n) is 4.48. The molecule has 0 aliphatic heterocycles. The Kier molecular flexibility index (Phi) is 5.55. The van der Waals surface area contributed by atoms with Gasteiger partial charge in [0.05, 0.1) is 11.0 Å². The number of hydrogen-bond donors (Lipinski definition) is 2. The Morgan fingerprint density at radius 2 is 1.95 bits per heavy atom. The van der Waals surface area contributed by atoms with Crippen LogP contribution < -0.4 is 5.32 Å². The van der Waals surface area contributed by atoms with Crippen molar-refractivity contribution in [2.75, 3.05) is 20.3 Å². The summed E-state index contributed by atoms with van der Waals surface area (Å²) in [5.74, 6) is -0.803. The van der Waals surface area contributed by atoms with Crippen LogP contribution in [0.2, 0.25) is 0 Å². The van der Waals surface area contributed by atoms with Gasteiger partial charge in [-0.3, -0.25) is 4.79 Å². The number of nitrogens with one attached hydrogen (secondary N) is 1. The highest BCUT2D eigenvalue weighted by atomic mass is 16.5. The van der Waals surface area contributed by atoms with Gasteiger partial charge in [-0.15, -0.1) is 0 Å². The van der Waals surface area contributed by atoms with Gasteiger partial charge in [-0.1, -0.05) is 18.6 Å². The van der Waals surface area contributed by atoms with Crippen molar-refractivity contribution in [1.82, 2.24) is 5.32 Å². The minimum absolute atomic E-state index is 0.123. The topological polar surface area (TPSA) is 75.6 Å². The minimum atomic E-state index is -0.926. The van der Waals surface area contributed by atoms with Crippen LogP contribution in [0.15, 0.2) is 24.3 Å². The molecule has 1 aromatic rings. The van der Waals surface area contributed by atoms with E-state index in [1.807, 2.05) is 0 Å². The van der Waals surface area contributed by atoms with E-state index >= 15 is 0 Å². The van der Waals surface area contributed by atoms with Gasteiger partial charge >= 0.3 is 5.97 Å². The fourth-order valence-corrected chi connectivity index (χ4v) is 2.81. The minimum Gasteiger partial charge on any atom is -0.478 e. The number of carbonyl (C=O) groups excluding carboxylic acids is 1. The number of amides is 1. The number of ether oxygens (including phenoxy) is 1. The fraction of sp³-hybridized carbons (Fsp3) is 0.529. The number of rotatable bonds is 8. The Hall–Kier alpha value is -1.88. The molecule has 0 saturated heterocycles. The van der Waals surface area contributed by atoms with E-state index in [1.54, 1.807) is 31.4 Å². The van der Waals surface area contributed by atoms with Gasteiger partial charge in [0, 0.05) is 20.3 Å². The van der Waals surface area contributed by atoms with E-state index in [1.165, 1.54) is 0 Å². The molecule has 120 valence electrons. The van der Waals surface area contributed by atoms with Gasteiger partial charge in [0.25, 0.3) is 0 Å². The van der Waals surface area contributed by atoms with Gasteiger partial charge in [0.1, 0.15) is 0 Å². The molecule has 5 heteroatoms. The van der Waals surface area contributed by atoms with Crippen molar-refractivity contribution < 1.29 is 19.4 Å². The molecular formula is C17H23NO4. The summed E-state index contributed by atoms with van der Waals surface area (Å²) in [6.45, 7) is 1.18. The lowest BCUT2D eigenvalue weighted by Gasteiger charge is -2.40. The molecule has 1 saturated carbocycles. The quantitative estimate of drug-likeness (QED) is 0.772. The van der Waals surface area contributed by atoms with Crippen LogP contribution in [-0.2, 0) is 16.0 Å². The lowest BCUT2D eigenvalue weighted by molar-refractivity contribution is -0.137. The molecule has 22 heavy (non-hydrogen) atoms. The Bertz CT molecular complexity index is 520. The molecule has 2 N–H and O–H groups in total. The second-order valence-corrected chi connectivity index (χ2v) is 5.88. The number of benzene rings is 1. The monoisotopic (exact) mass is 305 g/mol. The maximum absolute atomic E-state index is 12.3. The highest BCUT2D eigenvalue weighted by molar-refractivity contribution is 5.87. The van der Waals surface area contributed by atoms with E-state index in [-0.39, 0.29) is 16.9 Å². The van der Waals surface area contributed by atoms with E-state index in [9.17, 15) is 9.59 Å². The van der Waals surface area contributed by atoms with E-state index in [4.69, 9.17) is 9.84 Å². The number of methoxy groups -OCH3 is 1. The summed E-state index contributed by atoms with van der Waals surface area (Å²) in [6.07, 6.45) is 4.47. The van der Waals surface area contributed by atoms with Gasteiger partial charge in [-0.05, 0) is 43.4 Å². The zero-order chi connectivity index (χ0) is 16.0. The number of carboxylic acids is 1. The van der Waals surface area contributed by atoms with Crippen molar-refractivity contribution in [2.24, 2.45) is 5.41 Å². The molecule has 0 unspecified atom stereocenters. The average Bonchev–Trinajstić information content (AvgIpc) is 2.47. The molecular weight excluding hydrogens is 282 g/mol. The SMILES string of the molecule is COCCC1(C(=O)NCCc2ccc(C(=O)O)cc2)CCC1. The first-order valence-corrected chi connectivity index (χ1v) is 7.67. The van der Waals surface area contributed by atoms with Crippen LogP contribution in [0.5, 0.6) is 0 Å². The maximum Gasteiger partial charge on any atom is 0.335 e. The summed E-state index contributed by atoms with van der Waals surface area (Å²) in [6, 6.07) is 6.76. The average molecular weight is 305 g/mol. The normalized spacial score (nSPS) is 15.9. The van der Waals surface area contributed by atoms with Gasteiger partial charge in [-0.2, -0.15) is 0 Å². The van der Waals surface area contributed by atoms with Gasteiger partial charge in [-0.25, -0.2) is 4.79 Å². The third kappa shape index (κ3) is 3.85. The summed E-state index contributed by atoms with van der Waals surface area (Å²) >= 11 is 0. The molecule has 2 rings (SSSR count). The molecule has 1 amide bonds. The smallest absolute Gasteiger partial charge is 0.335 e. The predicted octanol–water partition coefficient (Wildman–Crippen LogP) is 2.25. The molecule has 0 radical (unpaired) electrons. The first-order chi connectivity index (χ1) is 10.6. The number of aromatic carboxylic acids is 1. The zero-order valence-corrected chi connectivity index (χ0v) is 12.9. The van der Waals surface area contributed by atoms with Crippen LogP contribution in [0.3, 0.4) is 0 Å². The summed E-state index contributed by atoms with van der Waals surface area (Å²) < 4.78 is 5.10. The highest BCUT2D eigenvalue weighted by Crippen LogP contribution is 2.44. The van der Waals surface area contributed by atoms with Crippen molar-refractivity contribution in [3.05, 3.63) is 35.4 Å². The third-order valence-corrected chi connectivity index (χ3v) is 4.48. The number of carboxylic acid groups (broad SMARTS) is 1. The van der Waals surface area contributed by atoms with Crippen LogP contribution in [0.25, 0.3) is 0 Å². The van der Waals surface area contributed by atoms with E-state index in [0.29, 0.717) is 19.6 Å². The molecule has 1 aliphatic rings. The summed E-state index contributed by atoms with van der Waals surface area (Å²) in [5, 5.41) is 11.9. The molecule has 1 aromatic carbocycles. The van der Waals surface area contributed by atoms with Gasteiger partial charge < -0.3 is 15.2 Å². The summed E-state index contributed by atoms with van der Waals surface area (Å²) in [5.41, 5.74) is 1.06. The molecule has 0 heterocycles. The van der Waals surface area contributed by atoms with E-state index < -0.39 is 5.97 Å². The van der Waals surface area contributed by atoms with Crippen LogP contribution in [-0.4, -0.2) is 37.2 Å². The van der Waals surface area contributed by atoms with E-state index in [2.05, 4.69) is 5.32 Å². The maximum atomic E-state index is 12.3. The van der Waals surface area contributed by atoms with Crippen LogP contribution in [0, 0.1) is 5.41 Å². The summed E-state index contributed by atoms with van der Waals surface area (Å²) in [4.78, 5) is 23.1.